The molecule has 6 rings (SSSR count). The summed E-state index contributed by atoms with van der Waals surface area (Å²) in [6.07, 6.45) is 0. The second-order valence-corrected chi connectivity index (χ2v) is 5.89. The number of aromatic nitrogens is 2. The maximum atomic E-state index is 2.40. The van der Waals surface area contributed by atoms with Gasteiger partial charge in [0.25, 0.3) is 0 Å². The molecule has 0 saturated carbocycles. The predicted molar refractivity (Wildman–Crippen MR) is 92.1 cm³/mol. The van der Waals surface area contributed by atoms with Crippen molar-refractivity contribution < 1.29 is 0 Å². The summed E-state index contributed by atoms with van der Waals surface area (Å²) in [6.45, 7) is 0. The van der Waals surface area contributed by atoms with E-state index in [-0.39, 0.29) is 0 Å². The third kappa shape index (κ3) is 0.999. The lowest BCUT2D eigenvalue weighted by molar-refractivity contribution is 1.28. The number of para-hydroxylation sites is 4. The molecule has 0 saturated heterocycles. The van der Waals surface area contributed by atoms with E-state index in [0.29, 0.717) is 0 Å². The molecule has 0 N–H and O–H groups in total. The van der Waals surface area contributed by atoms with Crippen molar-refractivity contribution in [1.29, 1.82) is 0 Å². The molecule has 3 heterocycles. The molecule has 0 bridgehead atoms. The largest absolute Gasteiger partial charge is 0.293 e. The van der Waals surface area contributed by atoms with Gasteiger partial charge in [-0.3, -0.25) is 8.80 Å². The van der Waals surface area contributed by atoms with Crippen LogP contribution in [0.4, 0.5) is 0 Å². The predicted octanol–water partition coefficient (Wildman–Crippen LogP) is 5.09. The second kappa shape index (κ2) is 3.42. The van der Waals surface area contributed by atoms with Gasteiger partial charge >= 0.3 is 0 Å². The van der Waals surface area contributed by atoms with Crippen molar-refractivity contribution in [2.24, 2.45) is 0 Å². The zero-order valence-corrected chi connectivity index (χ0v) is 11.8. The minimum atomic E-state index is 1.27. The van der Waals surface area contributed by atoms with Crippen LogP contribution in [0.25, 0.3) is 43.9 Å². The number of imidazole rings is 1. The van der Waals surface area contributed by atoms with E-state index >= 15 is 0 Å². The summed E-state index contributed by atoms with van der Waals surface area (Å²) < 4.78 is 4.81. The summed E-state index contributed by atoms with van der Waals surface area (Å²) in [5.41, 5.74) is 6.42. The monoisotopic (exact) mass is 280 g/mol. The Morgan fingerprint density at radius 2 is 0.864 bits per heavy atom. The van der Waals surface area contributed by atoms with E-state index in [4.69, 9.17) is 0 Å². The Bertz CT molecular complexity index is 1060. The lowest BCUT2D eigenvalue weighted by Gasteiger charge is -1.94. The molecule has 22 heavy (non-hydrogen) atoms. The number of nitrogens with zero attached hydrogens (tertiary/aromatic N) is 2. The molecule has 2 heteroatoms. The number of hydrogen-bond donors (Lipinski definition) is 0. The first-order valence-electron chi connectivity index (χ1n) is 7.57. The number of hydrogen-bond acceptors (Lipinski definition) is 0. The van der Waals surface area contributed by atoms with Crippen LogP contribution in [0.1, 0.15) is 0 Å². The Morgan fingerprint density at radius 1 is 0.455 bits per heavy atom. The number of benzene rings is 3. The second-order valence-electron chi connectivity index (χ2n) is 5.89. The molecule has 0 amide bonds. The Morgan fingerprint density at radius 3 is 1.36 bits per heavy atom. The highest BCUT2D eigenvalue weighted by atomic mass is 15.1. The first-order valence-corrected chi connectivity index (χ1v) is 7.57. The van der Waals surface area contributed by atoms with Gasteiger partial charge in [-0.05, 0) is 24.3 Å². The highest BCUT2D eigenvalue weighted by molar-refractivity contribution is 6.23. The molecule has 0 spiro atoms. The lowest BCUT2D eigenvalue weighted by atomic mass is 10.1. The van der Waals surface area contributed by atoms with Crippen LogP contribution in [0.5, 0.6) is 0 Å². The summed E-state index contributed by atoms with van der Waals surface area (Å²) in [5.74, 6) is 0. The van der Waals surface area contributed by atoms with Crippen LogP contribution in [0, 0.1) is 0 Å². The molecule has 0 atom stereocenters. The van der Waals surface area contributed by atoms with Crippen LogP contribution in [0.15, 0.2) is 72.8 Å². The van der Waals surface area contributed by atoms with E-state index < -0.39 is 0 Å². The molecule has 3 aromatic carbocycles. The smallest absolute Gasteiger partial charge is 0.131 e. The average molecular weight is 280 g/mol. The van der Waals surface area contributed by atoms with Crippen molar-refractivity contribution in [2.75, 3.05) is 0 Å². The van der Waals surface area contributed by atoms with E-state index in [1.807, 2.05) is 0 Å². The third-order valence-electron chi connectivity index (χ3n) is 4.84. The van der Waals surface area contributed by atoms with Crippen LogP contribution in [-0.4, -0.2) is 8.80 Å². The molecule has 0 aliphatic rings. The zero-order chi connectivity index (χ0) is 14.3. The standard InChI is InChI=1S/C20H12N2/c1-3-9-15-13(7-1)19-14-8-2-4-10-16(14)22-18-12-6-5-11-17(18)21(15)20(19)22/h1-12H. The third-order valence-corrected chi connectivity index (χ3v) is 4.84. The van der Waals surface area contributed by atoms with Crippen LogP contribution in [0.3, 0.4) is 0 Å². The maximum Gasteiger partial charge on any atom is 0.131 e. The van der Waals surface area contributed by atoms with E-state index in [2.05, 4.69) is 81.6 Å². The normalized spacial score (nSPS) is 12.5. The topological polar surface area (TPSA) is 8.82 Å². The molecule has 3 aromatic heterocycles. The molecule has 0 aliphatic carbocycles. The quantitative estimate of drug-likeness (QED) is 0.366. The average Bonchev–Trinajstić information content (AvgIpc) is 3.19. The van der Waals surface area contributed by atoms with Gasteiger partial charge < -0.3 is 0 Å². The number of fused-ring (bicyclic) bond motifs is 9. The first kappa shape index (κ1) is 10.7. The van der Waals surface area contributed by atoms with Crippen molar-refractivity contribution in [3.05, 3.63) is 72.8 Å². The molecular weight excluding hydrogens is 268 g/mol. The highest BCUT2D eigenvalue weighted by Gasteiger charge is 2.21. The van der Waals surface area contributed by atoms with Crippen molar-refractivity contribution in [3.63, 3.8) is 0 Å². The van der Waals surface area contributed by atoms with Crippen LogP contribution >= 0.6 is 0 Å². The fraction of sp³-hybridized carbons (Fsp3) is 0. The van der Waals surface area contributed by atoms with Gasteiger partial charge in [0.15, 0.2) is 0 Å². The van der Waals surface area contributed by atoms with E-state index in [9.17, 15) is 0 Å². The van der Waals surface area contributed by atoms with Crippen molar-refractivity contribution in [1.82, 2.24) is 8.80 Å². The molecule has 0 fully saturated rings. The zero-order valence-electron chi connectivity index (χ0n) is 11.8. The van der Waals surface area contributed by atoms with E-state index in [0.717, 1.165) is 0 Å². The summed E-state index contributed by atoms with van der Waals surface area (Å²) >= 11 is 0. The van der Waals surface area contributed by atoms with Gasteiger partial charge in [-0.2, -0.15) is 0 Å². The summed E-state index contributed by atoms with van der Waals surface area (Å²) in [5, 5.41) is 4.03. The SMILES string of the molecule is c1ccc2c(c1)c1c3ccccc3n3c4ccccc4n2c13. The van der Waals surface area contributed by atoms with E-state index in [1.54, 1.807) is 0 Å². The molecule has 2 nitrogen and oxygen atoms in total. The van der Waals surface area contributed by atoms with E-state index in [1.165, 1.54) is 43.9 Å². The fourth-order valence-electron chi connectivity index (χ4n) is 4.03. The van der Waals surface area contributed by atoms with Crippen molar-refractivity contribution in [3.8, 4) is 0 Å². The molecule has 6 aromatic rings. The first-order chi connectivity index (χ1) is 10.9. The summed E-state index contributed by atoms with van der Waals surface area (Å²) in [6, 6.07) is 26.1. The molecular formula is C20H12N2. The van der Waals surface area contributed by atoms with Crippen molar-refractivity contribution in [2.45, 2.75) is 0 Å². The summed E-state index contributed by atoms with van der Waals surface area (Å²) in [7, 11) is 0. The molecule has 102 valence electrons. The van der Waals surface area contributed by atoms with Crippen LogP contribution in [-0.2, 0) is 0 Å². The molecule has 0 radical (unpaired) electrons. The van der Waals surface area contributed by atoms with Gasteiger partial charge in [0.05, 0.1) is 22.1 Å². The Hall–Kier alpha value is -3.00. The Labute approximate surface area is 126 Å². The van der Waals surface area contributed by atoms with Crippen LogP contribution in [0.2, 0.25) is 0 Å². The minimum absolute atomic E-state index is 1.27. The summed E-state index contributed by atoms with van der Waals surface area (Å²) in [4.78, 5) is 0. The Balaban J connectivity index is 2.18. The fourth-order valence-corrected chi connectivity index (χ4v) is 4.03. The maximum absolute atomic E-state index is 2.40. The number of rotatable bonds is 0. The van der Waals surface area contributed by atoms with Gasteiger partial charge in [0, 0.05) is 16.2 Å². The van der Waals surface area contributed by atoms with Gasteiger partial charge in [-0.25, -0.2) is 0 Å². The van der Waals surface area contributed by atoms with Gasteiger partial charge in [-0.15, -0.1) is 0 Å². The van der Waals surface area contributed by atoms with Gasteiger partial charge in [0.1, 0.15) is 5.65 Å². The molecule has 0 aliphatic heterocycles. The van der Waals surface area contributed by atoms with Gasteiger partial charge in [-0.1, -0.05) is 48.5 Å². The lowest BCUT2D eigenvalue weighted by Crippen LogP contribution is -1.79. The van der Waals surface area contributed by atoms with Gasteiger partial charge in [0.2, 0.25) is 0 Å². The minimum Gasteiger partial charge on any atom is -0.293 e. The molecule has 0 unspecified atom stereocenters. The van der Waals surface area contributed by atoms with Crippen LogP contribution < -0.4 is 0 Å². The highest BCUT2D eigenvalue weighted by Crippen LogP contribution is 2.40. The Kier molecular flexibility index (Phi) is 1.66. The van der Waals surface area contributed by atoms with Crippen molar-refractivity contribution >= 4 is 43.9 Å².